The summed E-state index contributed by atoms with van der Waals surface area (Å²) in [6.07, 6.45) is 2.65. The number of ether oxygens (including phenoxy) is 1. The Kier molecular flexibility index (Phi) is 5.43. The number of carbonyl (C=O) groups is 1. The van der Waals surface area contributed by atoms with Crippen LogP contribution in [0.5, 0.6) is 11.5 Å². The van der Waals surface area contributed by atoms with E-state index in [4.69, 9.17) is 4.74 Å². The highest BCUT2D eigenvalue weighted by Gasteiger charge is 2.42. The molecule has 0 aliphatic heterocycles. The predicted molar refractivity (Wildman–Crippen MR) is 113 cm³/mol. The van der Waals surface area contributed by atoms with E-state index in [0.29, 0.717) is 28.1 Å². The molecule has 4 rings (SSSR count). The highest BCUT2D eigenvalue weighted by atomic mass is 16.6. The first-order valence-corrected chi connectivity index (χ1v) is 9.52. The van der Waals surface area contributed by atoms with Gasteiger partial charge in [0.1, 0.15) is 24.2 Å². The highest BCUT2D eigenvalue weighted by Crippen LogP contribution is 2.37. The Morgan fingerprint density at radius 2 is 1.42 bits per heavy atom. The van der Waals surface area contributed by atoms with Crippen LogP contribution in [0.4, 0.5) is 0 Å². The number of benzene rings is 3. The lowest BCUT2D eigenvalue weighted by Crippen LogP contribution is -2.40. The Balaban J connectivity index is 1.73. The number of aromatic hydroxyl groups is 1. The smallest absolute Gasteiger partial charge is 0.353 e. The van der Waals surface area contributed by atoms with E-state index in [2.05, 4.69) is 15.0 Å². The second-order valence-corrected chi connectivity index (χ2v) is 6.88. The second-order valence-electron chi connectivity index (χ2n) is 6.88. The summed E-state index contributed by atoms with van der Waals surface area (Å²) in [6.45, 7) is 1.60. The minimum Gasteiger partial charge on any atom is -0.507 e. The third-order valence-electron chi connectivity index (χ3n) is 5.00. The number of hydrogen-bond donors (Lipinski definition) is 2. The zero-order valence-electron chi connectivity index (χ0n) is 16.6. The van der Waals surface area contributed by atoms with Gasteiger partial charge in [-0.15, -0.1) is 0 Å². The quantitative estimate of drug-likeness (QED) is 0.382. The fraction of sp³-hybridized carbons (Fsp3) is 0.0833. The number of nitrogens with zero attached hydrogens (tertiary/aromatic N) is 3. The molecule has 1 aromatic heterocycles. The van der Waals surface area contributed by atoms with E-state index in [1.807, 2.05) is 0 Å². The first-order valence-electron chi connectivity index (χ1n) is 9.52. The van der Waals surface area contributed by atoms with Crippen LogP contribution in [-0.4, -0.2) is 31.1 Å². The fourth-order valence-electron chi connectivity index (χ4n) is 3.29. The minimum absolute atomic E-state index is 0.116. The molecule has 31 heavy (non-hydrogen) atoms. The Bertz CT molecular complexity index is 1160. The first kappa shape index (κ1) is 20.2. The summed E-state index contributed by atoms with van der Waals surface area (Å²) >= 11 is 0. The van der Waals surface area contributed by atoms with Crippen molar-refractivity contribution in [3.8, 4) is 22.9 Å². The van der Waals surface area contributed by atoms with Crippen molar-refractivity contribution in [3.63, 3.8) is 0 Å². The van der Waals surface area contributed by atoms with Crippen LogP contribution in [-0.2, 0) is 10.4 Å². The molecule has 7 heteroatoms. The molecule has 2 N–H and O–H groups in total. The lowest BCUT2D eigenvalue weighted by atomic mass is 9.86. The minimum atomic E-state index is -2.03. The van der Waals surface area contributed by atoms with Gasteiger partial charge in [0.2, 0.25) is 5.60 Å². The maximum Gasteiger partial charge on any atom is 0.353 e. The topological polar surface area (TPSA) is 105 Å². The van der Waals surface area contributed by atoms with E-state index < -0.39 is 11.6 Å². The summed E-state index contributed by atoms with van der Waals surface area (Å²) in [6, 6.07) is 20.2. The first-order chi connectivity index (χ1) is 15.0. The Morgan fingerprint density at radius 1 is 0.871 bits per heavy atom. The summed E-state index contributed by atoms with van der Waals surface area (Å²) in [5.74, 6) is -0.607. The summed E-state index contributed by atoms with van der Waals surface area (Å²) < 4.78 is 5.59. The van der Waals surface area contributed by atoms with Crippen molar-refractivity contribution in [2.75, 3.05) is 0 Å². The number of aromatic nitrogens is 3. The van der Waals surface area contributed by atoms with Gasteiger partial charge < -0.3 is 14.9 Å². The van der Waals surface area contributed by atoms with E-state index in [1.54, 1.807) is 73.7 Å². The van der Waals surface area contributed by atoms with E-state index in [1.165, 1.54) is 18.7 Å². The molecule has 0 aliphatic carbocycles. The van der Waals surface area contributed by atoms with Crippen LogP contribution in [0, 0.1) is 6.92 Å². The standard InChI is InChI=1S/C24H19N3O4/c1-16-20(13-12-19(21(16)28)22-26-14-25-15-27-22)31-23(29)24(30,17-8-4-2-5-9-17)18-10-6-3-7-11-18/h2-15,28,30H,1H3. The molecule has 0 unspecified atom stereocenters. The monoisotopic (exact) mass is 413 g/mol. The molecule has 3 aromatic carbocycles. The molecule has 0 radical (unpaired) electrons. The van der Waals surface area contributed by atoms with Crippen LogP contribution in [0.1, 0.15) is 16.7 Å². The molecular formula is C24H19N3O4. The maximum atomic E-state index is 13.3. The Morgan fingerprint density at radius 3 is 1.97 bits per heavy atom. The van der Waals surface area contributed by atoms with Crippen LogP contribution in [0.3, 0.4) is 0 Å². The average molecular weight is 413 g/mol. The van der Waals surface area contributed by atoms with Gasteiger partial charge in [-0.1, -0.05) is 60.7 Å². The predicted octanol–water partition coefficient (Wildman–Crippen LogP) is 3.39. The van der Waals surface area contributed by atoms with Crippen molar-refractivity contribution >= 4 is 5.97 Å². The van der Waals surface area contributed by atoms with Crippen molar-refractivity contribution in [2.45, 2.75) is 12.5 Å². The van der Waals surface area contributed by atoms with Crippen molar-refractivity contribution in [1.29, 1.82) is 0 Å². The lowest BCUT2D eigenvalue weighted by molar-refractivity contribution is -0.152. The van der Waals surface area contributed by atoms with Crippen molar-refractivity contribution in [3.05, 3.63) is 102 Å². The number of aliphatic hydroxyl groups is 1. The van der Waals surface area contributed by atoms with Crippen LogP contribution < -0.4 is 4.74 Å². The van der Waals surface area contributed by atoms with Gasteiger partial charge >= 0.3 is 5.97 Å². The molecule has 0 amide bonds. The molecular weight excluding hydrogens is 394 g/mol. The van der Waals surface area contributed by atoms with Gasteiger partial charge in [-0.25, -0.2) is 19.7 Å². The summed E-state index contributed by atoms with van der Waals surface area (Å²) in [4.78, 5) is 25.1. The van der Waals surface area contributed by atoms with Crippen LogP contribution in [0.2, 0.25) is 0 Å². The molecule has 0 saturated carbocycles. The zero-order valence-corrected chi connectivity index (χ0v) is 16.6. The molecule has 0 spiro atoms. The van der Waals surface area contributed by atoms with Gasteiger partial charge in [0, 0.05) is 5.56 Å². The molecule has 1 heterocycles. The van der Waals surface area contributed by atoms with Gasteiger partial charge in [-0.2, -0.15) is 0 Å². The van der Waals surface area contributed by atoms with Crippen molar-refractivity contribution < 1.29 is 19.7 Å². The van der Waals surface area contributed by atoms with Gasteiger partial charge in [-0.05, 0) is 30.2 Å². The number of carbonyl (C=O) groups excluding carboxylic acids is 1. The van der Waals surface area contributed by atoms with E-state index in [0.717, 1.165) is 0 Å². The van der Waals surface area contributed by atoms with Gasteiger partial charge in [0.05, 0.1) is 5.56 Å². The molecule has 0 aliphatic rings. The third kappa shape index (κ3) is 3.74. The van der Waals surface area contributed by atoms with E-state index >= 15 is 0 Å². The zero-order chi connectivity index (χ0) is 21.8. The van der Waals surface area contributed by atoms with Gasteiger partial charge in [0.15, 0.2) is 5.82 Å². The molecule has 0 bridgehead atoms. The number of phenols is 1. The van der Waals surface area contributed by atoms with Crippen molar-refractivity contribution in [2.24, 2.45) is 0 Å². The number of esters is 1. The molecule has 4 aromatic rings. The number of hydrogen-bond acceptors (Lipinski definition) is 7. The SMILES string of the molecule is Cc1c(OC(=O)C(O)(c2ccccc2)c2ccccc2)ccc(-c2ncncn2)c1O. The average Bonchev–Trinajstić information content (AvgIpc) is 2.83. The van der Waals surface area contributed by atoms with Crippen molar-refractivity contribution in [1.82, 2.24) is 15.0 Å². The largest absolute Gasteiger partial charge is 0.507 e. The molecule has 0 fully saturated rings. The Hall–Kier alpha value is -4.10. The van der Waals surface area contributed by atoms with E-state index in [9.17, 15) is 15.0 Å². The second kappa shape index (κ2) is 8.33. The van der Waals surface area contributed by atoms with Crippen LogP contribution in [0.15, 0.2) is 85.5 Å². The number of rotatable bonds is 5. The summed E-state index contributed by atoms with van der Waals surface area (Å²) in [5.41, 5.74) is -0.599. The molecule has 7 nitrogen and oxygen atoms in total. The van der Waals surface area contributed by atoms with E-state index in [-0.39, 0.29) is 11.5 Å². The number of phenolic OH excluding ortho intramolecular Hbond substituents is 1. The Labute approximate surface area is 178 Å². The van der Waals surface area contributed by atoms with Crippen LogP contribution >= 0.6 is 0 Å². The lowest BCUT2D eigenvalue weighted by Gasteiger charge is -2.27. The van der Waals surface area contributed by atoms with Gasteiger partial charge in [0.25, 0.3) is 0 Å². The fourth-order valence-corrected chi connectivity index (χ4v) is 3.29. The maximum absolute atomic E-state index is 13.3. The summed E-state index contributed by atoms with van der Waals surface area (Å²) in [5, 5.41) is 22.1. The summed E-state index contributed by atoms with van der Waals surface area (Å²) in [7, 11) is 0. The molecule has 154 valence electrons. The molecule has 0 saturated heterocycles. The third-order valence-corrected chi connectivity index (χ3v) is 5.00. The molecule has 0 atom stereocenters. The highest BCUT2D eigenvalue weighted by molar-refractivity contribution is 5.87. The van der Waals surface area contributed by atoms with Crippen LogP contribution in [0.25, 0.3) is 11.4 Å². The van der Waals surface area contributed by atoms with Gasteiger partial charge in [-0.3, -0.25) is 0 Å². The normalized spacial score (nSPS) is 11.2.